The van der Waals surface area contributed by atoms with Crippen LogP contribution in [0.5, 0.6) is 5.75 Å². The zero-order valence-corrected chi connectivity index (χ0v) is 13.7. The van der Waals surface area contributed by atoms with Gasteiger partial charge in [-0.2, -0.15) is 0 Å². The lowest BCUT2D eigenvalue weighted by Crippen LogP contribution is -2.05. The molecular weight excluding hydrogens is 291 g/mol. The molecule has 0 atom stereocenters. The van der Waals surface area contributed by atoms with Gasteiger partial charge in [0.2, 0.25) is 0 Å². The van der Waals surface area contributed by atoms with Crippen LogP contribution in [0.3, 0.4) is 0 Å². The molecule has 0 unspecified atom stereocenters. The monoisotopic (exact) mass is 312 g/mol. The van der Waals surface area contributed by atoms with Crippen LogP contribution in [0.2, 0.25) is 0 Å². The number of hydrogen-bond donors (Lipinski definition) is 0. The van der Waals surface area contributed by atoms with E-state index in [2.05, 4.69) is 6.58 Å². The summed E-state index contributed by atoms with van der Waals surface area (Å²) < 4.78 is 19.4. The Morgan fingerprint density at radius 3 is 2.30 bits per heavy atom. The molecule has 2 aromatic rings. The van der Waals surface area contributed by atoms with E-state index in [0.29, 0.717) is 5.56 Å². The zero-order chi connectivity index (χ0) is 17.2. The van der Waals surface area contributed by atoms with E-state index in [-0.39, 0.29) is 11.3 Å². The third kappa shape index (κ3) is 4.92. The third-order valence-electron chi connectivity index (χ3n) is 2.87. The predicted molar refractivity (Wildman–Crippen MR) is 93.8 cm³/mol. The Morgan fingerprint density at radius 2 is 1.74 bits per heavy atom. The van der Waals surface area contributed by atoms with Crippen molar-refractivity contribution in [2.24, 2.45) is 0 Å². The summed E-state index contributed by atoms with van der Waals surface area (Å²) >= 11 is 0. The number of para-hydroxylation sites is 1. The van der Waals surface area contributed by atoms with Crippen molar-refractivity contribution >= 4 is 11.8 Å². The van der Waals surface area contributed by atoms with E-state index < -0.39 is 11.8 Å². The Labute approximate surface area is 136 Å². The largest absolute Gasteiger partial charge is 0.425 e. The second-order valence-electron chi connectivity index (χ2n) is 4.39. The lowest BCUT2D eigenvalue weighted by Gasteiger charge is -2.13. The van der Waals surface area contributed by atoms with Gasteiger partial charge in [-0.25, -0.2) is 4.39 Å². The van der Waals surface area contributed by atoms with Crippen molar-refractivity contribution < 1.29 is 13.9 Å². The molecule has 0 heterocycles. The highest BCUT2D eigenvalue weighted by Crippen LogP contribution is 2.37. The first-order valence-corrected chi connectivity index (χ1v) is 7.49. The summed E-state index contributed by atoms with van der Waals surface area (Å²) in [6.45, 7) is 8.77. The number of carbonyl (C=O) groups is 1. The molecule has 2 aromatic carbocycles. The van der Waals surface area contributed by atoms with Crippen LogP contribution in [0.1, 0.15) is 26.3 Å². The Hall–Kier alpha value is -2.68. The number of rotatable bonds is 4. The van der Waals surface area contributed by atoms with Crippen molar-refractivity contribution in [3.05, 3.63) is 72.8 Å². The van der Waals surface area contributed by atoms with Crippen molar-refractivity contribution in [2.45, 2.75) is 20.8 Å². The van der Waals surface area contributed by atoms with E-state index in [1.54, 1.807) is 18.2 Å². The fourth-order valence-electron chi connectivity index (χ4n) is 2.02. The van der Waals surface area contributed by atoms with Crippen LogP contribution < -0.4 is 4.74 Å². The molecule has 2 nitrogen and oxygen atoms in total. The van der Waals surface area contributed by atoms with Crippen molar-refractivity contribution in [1.29, 1.82) is 0 Å². The topological polar surface area (TPSA) is 26.3 Å². The minimum absolute atomic E-state index is 0.215. The molecule has 0 bridgehead atoms. The standard InChI is InChI=1S/C18H15FO2.C2H6/c1-3-8-17(19)16-12-7-11-15(18(16)21-13(2)20)14-9-5-4-6-10-14;1-2/h3-12H,1H2,2H3;1-2H3/b17-8-;. The third-order valence-corrected chi connectivity index (χ3v) is 2.87. The molecule has 0 aromatic heterocycles. The molecule has 0 amide bonds. The zero-order valence-electron chi connectivity index (χ0n) is 13.7. The first kappa shape index (κ1) is 18.4. The Bertz CT molecular complexity index is 688. The van der Waals surface area contributed by atoms with E-state index in [1.807, 2.05) is 44.2 Å². The molecule has 0 fully saturated rings. The summed E-state index contributed by atoms with van der Waals surface area (Å²) in [4.78, 5) is 11.3. The normalized spacial score (nSPS) is 10.3. The summed E-state index contributed by atoms with van der Waals surface area (Å²) in [6.07, 6.45) is 2.58. The number of ether oxygens (including phenoxy) is 1. The SMILES string of the molecule is C=C/C=C(\F)c1cccc(-c2ccccc2)c1OC(C)=O.CC. The lowest BCUT2D eigenvalue weighted by atomic mass is 10.0. The van der Waals surface area contributed by atoms with Gasteiger partial charge in [0.1, 0.15) is 11.6 Å². The summed E-state index contributed by atoms with van der Waals surface area (Å²) in [5.74, 6) is -0.781. The van der Waals surface area contributed by atoms with Crippen LogP contribution in [0.4, 0.5) is 4.39 Å². The minimum atomic E-state index is -0.501. The molecule has 0 saturated carbocycles. The number of benzene rings is 2. The summed E-state index contributed by atoms with van der Waals surface area (Å²) in [5, 5.41) is 0. The molecule has 0 saturated heterocycles. The highest BCUT2D eigenvalue weighted by atomic mass is 19.1. The number of hydrogen-bond acceptors (Lipinski definition) is 2. The van der Waals surface area contributed by atoms with Crippen molar-refractivity contribution in [2.75, 3.05) is 0 Å². The van der Waals surface area contributed by atoms with Gasteiger partial charge in [-0.15, -0.1) is 0 Å². The molecule has 2 rings (SSSR count). The maximum atomic E-state index is 14.1. The number of carbonyl (C=O) groups excluding carboxylic acids is 1. The van der Waals surface area contributed by atoms with Crippen LogP contribution in [0.15, 0.2) is 67.3 Å². The van der Waals surface area contributed by atoms with Crippen LogP contribution in [0, 0.1) is 0 Å². The minimum Gasteiger partial charge on any atom is -0.425 e. The van der Waals surface area contributed by atoms with Crippen LogP contribution in [0.25, 0.3) is 17.0 Å². The van der Waals surface area contributed by atoms with Crippen molar-refractivity contribution in [3.8, 4) is 16.9 Å². The molecule has 0 spiro atoms. The molecule has 3 heteroatoms. The molecule has 0 aliphatic heterocycles. The van der Waals surface area contributed by atoms with Gasteiger partial charge in [0.25, 0.3) is 0 Å². The van der Waals surface area contributed by atoms with Crippen LogP contribution in [-0.2, 0) is 4.79 Å². The maximum absolute atomic E-state index is 14.1. The summed E-state index contributed by atoms with van der Waals surface area (Å²) in [5.41, 5.74) is 1.74. The molecule has 0 N–H and O–H groups in total. The smallest absolute Gasteiger partial charge is 0.308 e. The maximum Gasteiger partial charge on any atom is 0.308 e. The first-order chi connectivity index (χ1) is 11.1. The molecule has 120 valence electrons. The highest BCUT2D eigenvalue weighted by Gasteiger charge is 2.16. The Morgan fingerprint density at radius 1 is 1.09 bits per heavy atom. The van der Waals surface area contributed by atoms with Gasteiger partial charge in [-0.3, -0.25) is 4.79 Å². The van der Waals surface area contributed by atoms with Gasteiger partial charge < -0.3 is 4.74 Å². The molecule has 0 aliphatic rings. The van der Waals surface area contributed by atoms with Crippen molar-refractivity contribution in [1.82, 2.24) is 0 Å². The average molecular weight is 312 g/mol. The van der Waals surface area contributed by atoms with Crippen molar-refractivity contribution in [3.63, 3.8) is 0 Å². The first-order valence-electron chi connectivity index (χ1n) is 7.49. The predicted octanol–water partition coefficient (Wildman–Crippen LogP) is 5.80. The van der Waals surface area contributed by atoms with Gasteiger partial charge >= 0.3 is 5.97 Å². The van der Waals surface area contributed by atoms with Gasteiger partial charge in [0, 0.05) is 12.5 Å². The quantitative estimate of drug-likeness (QED) is 0.405. The fourth-order valence-corrected chi connectivity index (χ4v) is 2.02. The average Bonchev–Trinajstić information content (AvgIpc) is 2.57. The van der Waals surface area contributed by atoms with Gasteiger partial charge in [0.15, 0.2) is 0 Å². The number of halogens is 1. The van der Waals surface area contributed by atoms with Crippen LogP contribution >= 0.6 is 0 Å². The second kappa shape index (κ2) is 9.36. The van der Waals surface area contributed by atoms with Gasteiger partial charge in [-0.05, 0) is 17.7 Å². The highest BCUT2D eigenvalue weighted by molar-refractivity contribution is 5.83. The number of allylic oxidation sites excluding steroid dienone is 2. The van der Waals surface area contributed by atoms with E-state index in [1.165, 1.54) is 19.1 Å². The molecule has 23 heavy (non-hydrogen) atoms. The van der Waals surface area contributed by atoms with E-state index >= 15 is 0 Å². The molecule has 0 radical (unpaired) electrons. The second-order valence-corrected chi connectivity index (χ2v) is 4.39. The van der Waals surface area contributed by atoms with Crippen LogP contribution in [-0.4, -0.2) is 5.97 Å². The van der Waals surface area contributed by atoms with E-state index in [9.17, 15) is 9.18 Å². The molecule has 0 aliphatic carbocycles. The molecular formula is C20H21FO2. The fraction of sp³-hybridized carbons (Fsp3) is 0.150. The van der Waals surface area contributed by atoms with Gasteiger partial charge in [-0.1, -0.05) is 69.0 Å². The summed E-state index contributed by atoms with van der Waals surface area (Å²) in [7, 11) is 0. The lowest BCUT2D eigenvalue weighted by molar-refractivity contribution is -0.131. The Balaban J connectivity index is 0.00000127. The van der Waals surface area contributed by atoms with E-state index in [4.69, 9.17) is 4.74 Å². The van der Waals surface area contributed by atoms with E-state index in [0.717, 1.165) is 5.56 Å². The Kier molecular flexibility index (Phi) is 7.48. The number of esters is 1. The summed E-state index contributed by atoms with van der Waals surface area (Å²) in [6, 6.07) is 14.5. The van der Waals surface area contributed by atoms with Gasteiger partial charge in [0.05, 0.1) is 5.56 Å².